The Morgan fingerprint density at radius 3 is 2.28 bits per heavy atom. The minimum Gasteiger partial charge on any atom is -0.375 e. The Labute approximate surface area is 104 Å². The molecule has 0 saturated carbocycles. The summed E-state index contributed by atoms with van der Waals surface area (Å²) in [5, 5.41) is 1.82. The lowest BCUT2D eigenvalue weighted by Gasteiger charge is -2.16. The molecule has 0 aliphatic heterocycles. The number of hydrogen-bond acceptors (Lipinski definition) is 2. The molecular formula is C12H15F3N2O. The highest BCUT2D eigenvalue weighted by Crippen LogP contribution is 2.15. The Hall–Kier alpha value is -1.72. The number of halogens is 3. The Balaban J connectivity index is 2.65. The molecule has 100 valence electrons. The average Bonchev–Trinajstić information content (AvgIpc) is 2.34. The van der Waals surface area contributed by atoms with Crippen LogP contribution in [0.15, 0.2) is 24.3 Å². The number of rotatable bonds is 4. The molecule has 0 heterocycles. The maximum Gasteiger partial charge on any atom is 0.405 e. The zero-order valence-corrected chi connectivity index (χ0v) is 10.2. The molecule has 1 N–H and O–H groups in total. The summed E-state index contributed by atoms with van der Waals surface area (Å²) in [4.78, 5) is 13.4. The largest absolute Gasteiger partial charge is 0.405 e. The molecule has 0 spiro atoms. The number of carbonyl (C=O) groups excluding carboxylic acids is 1. The summed E-state index contributed by atoms with van der Waals surface area (Å²) in [5.74, 6) is -0.724. The van der Waals surface area contributed by atoms with Crippen LogP contribution in [0.2, 0.25) is 0 Å². The van der Waals surface area contributed by atoms with Gasteiger partial charge in [-0.2, -0.15) is 13.2 Å². The van der Waals surface area contributed by atoms with Gasteiger partial charge in [0.05, 0.1) is 0 Å². The van der Waals surface area contributed by atoms with Gasteiger partial charge >= 0.3 is 6.18 Å². The molecule has 0 unspecified atom stereocenters. The zero-order chi connectivity index (χ0) is 13.8. The standard InChI is InChI=1S/C12H15F3N2O/c1-3-17(2)10-6-4-9(5-7-10)11(18)16-8-12(13,14)15/h4-7H,3,8H2,1-2H3,(H,16,18). The molecule has 1 rings (SSSR count). The monoisotopic (exact) mass is 260 g/mol. The van der Waals surface area contributed by atoms with Gasteiger partial charge in [0.25, 0.3) is 5.91 Å². The lowest BCUT2D eigenvalue weighted by atomic mass is 10.2. The van der Waals surface area contributed by atoms with E-state index in [2.05, 4.69) is 0 Å². The van der Waals surface area contributed by atoms with Gasteiger partial charge in [0.15, 0.2) is 0 Å². The van der Waals surface area contributed by atoms with Crippen molar-refractivity contribution in [2.24, 2.45) is 0 Å². The van der Waals surface area contributed by atoms with E-state index in [-0.39, 0.29) is 5.56 Å². The molecule has 0 aliphatic carbocycles. The normalized spacial score (nSPS) is 11.2. The molecule has 18 heavy (non-hydrogen) atoms. The van der Waals surface area contributed by atoms with E-state index in [1.807, 2.05) is 24.2 Å². The highest BCUT2D eigenvalue weighted by atomic mass is 19.4. The van der Waals surface area contributed by atoms with Crippen molar-refractivity contribution in [1.29, 1.82) is 0 Å². The first-order valence-corrected chi connectivity index (χ1v) is 5.49. The van der Waals surface area contributed by atoms with Crippen LogP contribution in [0.5, 0.6) is 0 Å². The van der Waals surface area contributed by atoms with Crippen molar-refractivity contribution in [3.8, 4) is 0 Å². The van der Waals surface area contributed by atoms with Gasteiger partial charge in [-0.05, 0) is 31.2 Å². The fourth-order valence-electron chi connectivity index (χ4n) is 1.33. The number of benzene rings is 1. The molecular weight excluding hydrogens is 245 g/mol. The van der Waals surface area contributed by atoms with Crippen molar-refractivity contribution in [1.82, 2.24) is 5.32 Å². The molecule has 0 radical (unpaired) electrons. The van der Waals surface area contributed by atoms with Gasteiger partial charge in [0, 0.05) is 24.8 Å². The second-order valence-electron chi connectivity index (χ2n) is 3.86. The van der Waals surface area contributed by atoms with Gasteiger partial charge < -0.3 is 10.2 Å². The molecule has 0 saturated heterocycles. The second kappa shape index (κ2) is 5.75. The van der Waals surface area contributed by atoms with Gasteiger partial charge in [-0.1, -0.05) is 0 Å². The van der Waals surface area contributed by atoms with Crippen LogP contribution in [0.3, 0.4) is 0 Å². The number of carbonyl (C=O) groups is 1. The van der Waals surface area contributed by atoms with E-state index in [9.17, 15) is 18.0 Å². The van der Waals surface area contributed by atoms with Crippen LogP contribution in [-0.2, 0) is 0 Å². The Bertz CT molecular complexity index is 401. The Morgan fingerprint density at radius 2 is 1.83 bits per heavy atom. The Kier molecular flexibility index (Phi) is 4.58. The molecule has 6 heteroatoms. The number of hydrogen-bond donors (Lipinski definition) is 1. The molecule has 3 nitrogen and oxygen atoms in total. The topological polar surface area (TPSA) is 32.3 Å². The molecule has 0 fully saturated rings. The van der Waals surface area contributed by atoms with Crippen molar-refractivity contribution in [2.45, 2.75) is 13.1 Å². The number of alkyl halides is 3. The van der Waals surface area contributed by atoms with Crippen molar-refractivity contribution in [2.75, 3.05) is 25.0 Å². The third-order valence-corrected chi connectivity index (χ3v) is 2.49. The van der Waals surface area contributed by atoms with Crippen LogP contribution in [0.4, 0.5) is 18.9 Å². The summed E-state index contributed by atoms with van der Waals surface area (Å²) in [7, 11) is 1.89. The first-order valence-electron chi connectivity index (χ1n) is 5.49. The van der Waals surface area contributed by atoms with Crippen molar-refractivity contribution in [3.63, 3.8) is 0 Å². The van der Waals surface area contributed by atoms with Gasteiger partial charge in [0.1, 0.15) is 6.54 Å². The predicted molar refractivity (Wildman–Crippen MR) is 63.8 cm³/mol. The van der Waals surface area contributed by atoms with Gasteiger partial charge in [-0.25, -0.2) is 0 Å². The first-order chi connectivity index (χ1) is 8.33. The van der Waals surface area contributed by atoms with E-state index in [0.717, 1.165) is 12.2 Å². The van der Waals surface area contributed by atoms with Crippen LogP contribution < -0.4 is 10.2 Å². The lowest BCUT2D eigenvalue weighted by Crippen LogP contribution is -2.33. The first kappa shape index (κ1) is 14.3. The highest BCUT2D eigenvalue weighted by molar-refractivity contribution is 5.94. The predicted octanol–water partition coefficient (Wildman–Crippen LogP) is 2.43. The van der Waals surface area contributed by atoms with E-state index in [4.69, 9.17) is 0 Å². The highest BCUT2D eigenvalue weighted by Gasteiger charge is 2.27. The quantitative estimate of drug-likeness (QED) is 0.901. The molecule has 1 aromatic carbocycles. The summed E-state index contributed by atoms with van der Waals surface area (Å²) < 4.78 is 35.8. The van der Waals surface area contributed by atoms with E-state index >= 15 is 0 Å². The van der Waals surface area contributed by atoms with E-state index in [0.29, 0.717) is 0 Å². The minimum atomic E-state index is -4.39. The molecule has 0 aliphatic rings. The number of nitrogens with zero attached hydrogens (tertiary/aromatic N) is 1. The minimum absolute atomic E-state index is 0.215. The molecule has 0 bridgehead atoms. The van der Waals surface area contributed by atoms with Crippen molar-refractivity contribution in [3.05, 3.63) is 29.8 Å². The summed E-state index contributed by atoms with van der Waals surface area (Å²) in [6, 6.07) is 6.42. The molecule has 0 atom stereocenters. The third kappa shape index (κ3) is 4.27. The SMILES string of the molecule is CCN(C)c1ccc(C(=O)NCC(F)(F)F)cc1. The molecule has 1 aromatic rings. The number of amides is 1. The van der Waals surface area contributed by atoms with E-state index in [1.54, 1.807) is 12.1 Å². The van der Waals surface area contributed by atoms with E-state index in [1.165, 1.54) is 12.1 Å². The smallest absolute Gasteiger partial charge is 0.375 e. The van der Waals surface area contributed by atoms with E-state index < -0.39 is 18.6 Å². The zero-order valence-electron chi connectivity index (χ0n) is 10.2. The fraction of sp³-hybridized carbons (Fsp3) is 0.417. The summed E-state index contributed by atoms with van der Waals surface area (Å²) >= 11 is 0. The number of anilines is 1. The van der Waals surface area contributed by atoms with Crippen molar-refractivity contribution >= 4 is 11.6 Å². The average molecular weight is 260 g/mol. The van der Waals surface area contributed by atoms with Gasteiger partial charge in [0.2, 0.25) is 0 Å². The maximum atomic E-state index is 11.9. The van der Waals surface area contributed by atoms with Crippen LogP contribution in [-0.4, -0.2) is 32.2 Å². The summed E-state index contributed by atoms with van der Waals surface area (Å²) in [5.41, 5.74) is 1.12. The fourth-order valence-corrected chi connectivity index (χ4v) is 1.33. The lowest BCUT2D eigenvalue weighted by molar-refractivity contribution is -0.123. The van der Waals surface area contributed by atoms with Crippen molar-refractivity contribution < 1.29 is 18.0 Å². The summed E-state index contributed by atoms with van der Waals surface area (Å²) in [6.07, 6.45) is -4.39. The third-order valence-electron chi connectivity index (χ3n) is 2.49. The molecule has 0 aromatic heterocycles. The maximum absolute atomic E-state index is 11.9. The van der Waals surface area contributed by atoms with Crippen LogP contribution >= 0.6 is 0 Å². The molecule has 1 amide bonds. The van der Waals surface area contributed by atoms with Gasteiger partial charge in [-0.3, -0.25) is 4.79 Å². The van der Waals surface area contributed by atoms with Gasteiger partial charge in [-0.15, -0.1) is 0 Å². The second-order valence-corrected chi connectivity index (χ2v) is 3.86. The van der Waals surface area contributed by atoms with Crippen LogP contribution in [0.1, 0.15) is 17.3 Å². The van der Waals surface area contributed by atoms with Crippen LogP contribution in [0, 0.1) is 0 Å². The number of nitrogens with one attached hydrogen (secondary N) is 1. The summed E-state index contributed by atoms with van der Waals surface area (Å²) in [6.45, 7) is 1.46. The van der Waals surface area contributed by atoms with Crippen LogP contribution in [0.25, 0.3) is 0 Å². The Morgan fingerprint density at radius 1 is 1.28 bits per heavy atom.